The van der Waals surface area contributed by atoms with Crippen LogP contribution in [0.4, 0.5) is 10.1 Å². The van der Waals surface area contributed by atoms with E-state index in [-0.39, 0.29) is 23.4 Å². The topological polar surface area (TPSA) is 53.1 Å². The molecule has 4 rings (SSSR count). The maximum Gasteiger partial charge on any atom is 0.253 e. The van der Waals surface area contributed by atoms with Crippen LogP contribution in [-0.2, 0) is 11.3 Å². The molecule has 0 atom stereocenters. The van der Waals surface area contributed by atoms with Crippen LogP contribution < -0.4 is 9.64 Å². The Morgan fingerprint density at radius 3 is 2.37 bits per heavy atom. The van der Waals surface area contributed by atoms with Crippen molar-refractivity contribution in [2.24, 2.45) is 0 Å². The minimum Gasteiger partial charge on any atom is -0.494 e. The Hall–Kier alpha value is -2.93. The van der Waals surface area contributed by atoms with E-state index in [2.05, 4.69) is 4.90 Å². The second-order valence-electron chi connectivity index (χ2n) is 7.73. The highest BCUT2D eigenvalue weighted by atomic mass is 19.1. The summed E-state index contributed by atoms with van der Waals surface area (Å²) >= 11 is 0. The molecule has 0 saturated carbocycles. The summed E-state index contributed by atoms with van der Waals surface area (Å²) in [6.45, 7) is 4.11. The number of amides is 2. The fraction of sp³-hybridized carbons (Fsp3) is 0.391. The number of ether oxygens (including phenoxy) is 1. The standard InChI is InChI=1S/C23H26FN3O3/c1-30-21-9-4-17(15-20(21)24)16-25-11-13-26(14-12-25)23(29)18-5-7-19(8-6-18)27-10-2-3-22(27)28/h4-9,15H,2-3,10-14,16H2,1H3. The molecule has 2 heterocycles. The highest BCUT2D eigenvalue weighted by Crippen LogP contribution is 2.23. The quantitative estimate of drug-likeness (QED) is 0.759. The second kappa shape index (κ2) is 8.83. The van der Waals surface area contributed by atoms with E-state index >= 15 is 0 Å². The number of methoxy groups -OCH3 is 1. The van der Waals surface area contributed by atoms with Crippen LogP contribution in [0.15, 0.2) is 42.5 Å². The molecule has 0 N–H and O–H groups in total. The number of hydrogen-bond donors (Lipinski definition) is 0. The molecule has 2 saturated heterocycles. The maximum atomic E-state index is 13.9. The molecule has 0 unspecified atom stereocenters. The Labute approximate surface area is 175 Å². The highest BCUT2D eigenvalue weighted by Gasteiger charge is 2.24. The van der Waals surface area contributed by atoms with Crippen LogP contribution in [0.1, 0.15) is 28.8 Å². The number of carbonyl (C=O) groups excluding carboxylic acids is 2. The smallest absolute Gasteiger partial charge is 0.253 e. The Morgan fingerprint density at radius 2 is 1.77 bits per heavy atom. The van der Waals surface area contributed by atoms with Gasteiger partial charge in [0.15, 0.2) is 11.6 Å². The summed E-state index contributed by atoms with van der Waals surface area (Å²) in [5.41, 5.74) is 2.38. The minimum absolute atomic E-state index is 0.00411. The first-order valence-corrected chi connectivity index (χ1v) is 10.3. The lowest BCUT2D eigenvalue weighted by atomic mass is 10.1. The minimum atomic E-state index is -0.358. The van der Waals surface area contributed by atoms with Crippen molar-refractivity contribution in [1.29, 1.82) is 0 Å². The Balaban J connectivity index is 1.32. The summed E-state index contributed by atoms with van der Waals surface area (Å²) in [5.74, 6) is 0.0311. The third kappa shape index (κ3) is 4.31. The van der Waals surface area contributed by atoms with Gasteiger partial charge in [0.05, 0.1) is 7.11 Å². The molecular formula is C23H26FN3O3. The number of anilines is 1. The molecule has 2 fully saturated rings. The van der Waals surface area contributed by atoms with E-state index in [1.54, 1.807) is 23.1 Å². The van der Waals surface area contributed by atoms with Gasteiger partial charge < -0.3 is 14.5 Å². The molecule has 0 bridgehead atoms. The van der Waals surface area contributed by atoms with Crippen molar-refractivity contribution in [2.75, 3.05) is 44.7 Å². The normalized spacial score (nSPS) is 17.5. The van der Waals surface area contributed by atoms with Crippen LogP contribution >= 0.6 is 0 Å². The number of rotatable bonds is 5. The summed E-state index contributed by atoms with van der Waals surface area (Å²) in [7, 11) is 1.45. The molecule has 2 amide bonds. The first kappa shape index (κ1) is 20.3. The molecule has 2 aliphatic heterocycles. The lowest BCUT2D eigenvalue weighted by Crippen LogP contribution is -2.48. The van der Waals surface area contributed by atoms with Gasteiger partial charge in [0, 0.05) is 56.9 Å². The summed E-state index contributed by atoms with van der Waals surface area (Å²) in [5, 5.41) is 0. The maximum absolute atomic E-state index is 13.9. The molecule has 2 aliphatic rings. The van der Waals surface area contributed by atoms with Gasteiger partial charge in [-0.2, -0.15) is 0 Å². The predicted octanol–water partition coefficient (Wildman–Crippen LogP) is 2.92. The van der Waals surface area contributed by atoms with Crippen molar-refractivity contribution < 1.29 is 18.7 Å². The van der Waals surface area contributed by atoms with Gasteiger partial charge in [0.1, 0.15) is 0 Å². The average Bonchev–Trinajstić information content (AvgIpc) is 3.20. The van der Waals surface area contributed by atoms with Crippen molar-refractivity contribution in [3.05, 3.63) is 59.4 Å². The number of carbonyl (C=O) groups is 2. The Kier molecular flexibility index (Phi) is 5.99. The van der Waals surface area contributed by atoms with Gasteiger partial charge in [-0.3, -0.25) is 14.5 Å². The molecule has 158 valence electrons. The van der Waals surface area contributed by atoms with E-state index in [4.69, 9.17) is 4.74 Å². The van der Waals surface area contributed by atoms with Gasteiger partial charge in [-0.25, -0.2) is 4.39 Å². The van der Waals surface area contributed by atoms with Crippen LogP contribution in [-0.4, -0.2) is 61.4 Å². The fourth-order valence-electron chi connectivity index (χ4n) is 4.06. The van der Waals surface area contributed by atoms with Gasteiger partial charge in [-0.15, -0.1) is 0 Å². The number of nitrogens with zero attached hydrogens (tertiary/aromatic N) is 3. The van der Waals surface area contributed by atoms with Crippen molar-refractivity contribution in [2.45, 2.75) is 19.4 Å². The molecule has 0 spiro atoms. The second-order valence-corrected chi connectivity index (χ2v) is 7.73. The van der Waals surface area contributed by atoms with E-state index in [9.17, 15) is 14.0 Å². The van der Waals surface area contributed by atoms with Gasteiger partial charge >= 0.3 is 0 Å². The summed E-state index contributed by atoms with van der Waals surface area (Å²) in [4.78, 5) is 30.5. The van der Waals surface area contributed by atoms with Crippen molar-refractivity contribution in [3.63, 3.8) is 0 Å². The number of piperazine rings is 1. The number of halogens is 1. The molecule has 0 aromatic heterocycles. The molecular weight excluding hydrogens is 385 g/mol. The Morgan fingerprint density at radius 1 is 1.03 bits per heavy atom. The third-order valence-electron chi connectivity index (χ3n) is 5.78. The zero-order chi connectivity index (χ0) is 21.1. The van der Waals surface area contributed by atoms with E-state index in [1.807, 2.05) is 23.1 Å². The average molecular weight is 411 g/mol. The first-order valence-electron chi connectivity index (χ1n) is 10.3. The van der Waals surface area contributed by atoms with E-state index in [0.717, 1.165) is 37.3 Å². The largest absolute Gasteiger partial charge is 0.494 e. The highest BCUT2D eigenvalue weighted by molar-refractivity contribution is 5.97. The summed E-state index contributed by atoms with van der Waals surface area (Å²) < 4.78 is 18.9. The van der Waals surface area contributed by atoms with Crippen LogP contribution in [0.5, 0.6) is 5.75 Å². The van der Waals surface area contributed by atoms with Crippen LogP contribution in [0, 0.1) is 5.82 Å². The van der Waals surface area contributed by atoms with E-state index in [0.29, 0.717) is 31.6 Å². The van der Waals surface area contributed by atoms with Crippen LogP contribution in [0.2, 0.25) is 0 Å². The molecule has 2 aromatic rings. The van der Waals surface area contributed by atoms with Crippen molar-refractivity contribution in [1.82, 2.24) is 9.80 Å². The summed E-state index contributed by atoms with van der Waals surface area (Å²) in [6, 6.07) is 12.3. The molecule has 0 aliphatic carbocycles. The SMILES string of the molecule is COc1ccc(CN2CCN(C(=O)c3ccc(N4CCCC4=O)cc3)CC2)cc1F. The van der Waals surface area contributed by atoms with Gasteiger partial charge in [0.2, 0.25) is 5.91 Å². The van der Waals surface area contributed by atoms with Gasteiger partial charge in [-0.05, 0) is 48.4 Å². The molecule has 7 heteroatoms. The van der Waals surface area contributed by atoms with Crippen LogP contribution in [0.25, 0.3) is 0 Å². The summed E-state index contributed by atoms with van der Waals surface area (Å²) in [6.07, 6.45) is 1.47. The lowest BCUT2D eigenvalue weighted by molar-refractivity contribution is -0.117. The van der Waals surface area contributed by atoms with E-state index < -0.39 is 0 Å². The predicted molar refractivity (Wildman–Crippen MR) is 112 cm³/mol. The van der Waals surface area contributed by atoms with Gasteiger partial charge in [0.25, 0.3) is 5.91 Å². The number of benzene rings is 2. The third-order valence-corrected chi connectivity index (χ3v) is 5.78. The number of hydrogen-bond acceptors (Lipinski definition) is 4. The zero-order valence-electron chi connectivity index (χ0n) is 17.1. The fourth-order valence-corrected chi connectivity index (χ4v) is 4.06. The van der Waals surface area contributed by atoms with Crippen LogP contribution in [0.3, 0.4) is 0 Å². The Bertz CT molecular complexity index is 924. The van der Waals surface area contributed by atoms with E-state index in [1.165, 1.54) is 13.2 Å². The van der Waals surface area contributed by atoms with Crippen molar-refractivity contribution >= 4 is 17.5 Å². The molecule has 30 heavy (non-hydrogen) atoms. The molecule has 0 radical (unpaired) electrons. The monoisotopic (exact) mass is 411 g/mol. The molecule has 6 nitrogen and oxygen atoms in total. The van der Waals surface area contributed by atoms with Gasteiger partial charge in [-0.1, -0.05) is 6.07 Å². The lowest BCUT2D eigenvalue weighted by Gasteiger charge is -2.35. The molecule has 2 aromatic carbocycles. The van der Waals surface area contributed by atoms with Crippen molar-refractivity contribution in [3.8, 4) is 5.75 Å². The first-order chi connectivity index (χ1) is 14.5. The zero-order valence-corrected chi connectivity index (χ0v) is 17.1.